The van der Waals surface area contributed by atoms with Gasteiger partial charge in [-0.3, -0.25) is 9.52 Å². The molecule has 0 spiro atoms. The molecule has 0 aliphatic heterocycles. The van der Waals surface area contributed by atoms with Crippen molar-refractivity contribution in [2.45, 2.75) is 9.79 Å². The summed E-state index contributed by atoms with van der Waals surface area (Å²) < 4.78 is 27.4. The van der Waals surface area contributed by atoms with E-state index in [9.17, 15) is 13.2 Å². The average molecular weight is 516 g/mol. The first-order chi connectivity index (χ1) is 15.9. The van der Waals surface area contributed by atoms with Crippen LogP contribution in [0.25, 0.3) is 11.3 Å². The molecule has 0 radical (unpaired) electrons. The van der Waals surface area contributed by atoms with E-state index < -0.39 is 10.0 Å². The van der Waals surface area contributed by atoms with Crippen LogP contribution in [0, 0.1) is 0 Å². The second-order valence-corrected chi connectivity index (χ2v) is 10.8. The number of thiazole rings is 1. The predicted octanol–water partition coefficient (Wildman–Crippen LogP) is 6.00. The Bertz CT molecular complexity index is 1360. The van der Waals surface area contributed by atoms with Gasteiger partial charge in [-0.05, 0) is 42.5 Å². The highest BCUT2D eigenvalue weighted by atomic mass is 35.5. The number of hydrogen-bond donors (Lipinski definition) is 2. The van der Waals surface area contributed by atoms with Crippen LogP contribution in [0.1, 0.15) is 0 Å². The Morgan fingerprint density at radius 2 is 1.67 bits per heavy atom. The number of halogens is 1. The van der Waals surface area contributed by atoms with Gasteiger partial charge >= 0.3 is 0 Å². The van der Waals surface area contributed by atoms with E-state index in [1.165, 1.54) is 35.2 Å². The fourth-order valence-electron chi connectivity index (χ4n) is 2.86. The van der Waals surface area contributed by atoms with Crippen molar-refractivity contribution in [1.29, 1.82) is 0 Å². The molecule has 33 heavy (non-hydrogen) atoms. The van der Waals surface area contributed by atoms with Crippen molar-refractivity contribution in [3.63, 3.8) is 0 Å². The van der Waals surface area contributed by atoms with Gasteiger partial charge in [0.05, 0.1) is 16.3 Å². The van der Waals surface area contributed by atoms with Crippen LogP contribution < -0.4 is 10.0 Å². The minimum atomic E-state index is -3.64. The molecular formula is C23H18ClN3O3S3. The molecule has 168 valence electrons. The summed E-state index contributed by atoms with van der Waals surface area (Å²) in [6, 6.07) is 22.4. The fraction of sp³-hybridized carbons (Fsp3) is 0.0435. The van der Waals surface area contributed by atoms with Crippen LogP contribution in [0.2, 0.25) is 5.02 Å². The Kier molecular flexibility index (Phi) is 7.34. The van der Waals surface area contributed by atoms with Gasteiger partial charge < -0.3 is 5.32 Å². The van der Waals surface area contributed by atoms with Crippen molar-refractivity contribution < 1.29 is 13.2 Å². The molecular weight excluding hydrogens is 498 g/mol. The third-order valence-electron chi connectivity index (χ3n) is 4.43. The predicted molar refractivity (Wildman–Crippen MR) is 136 cm³/mol. The Morgan fingerprint density at radius 3 is 2.39 bits per heavy atom. The van der Waals surface area contributed by atoms with E-state index in [1.54, 1.807) is 48.5 Å². The summed E-state index contributed by atoms with van der Waals surface area (Å²) in [5.41, 5.74) is 1.97. The third kappa shape index (κ3) is 6.14. The number of carbonyl (C=O) groups excluding carboxylic acids is 1. The molecule has 0 unspecified atom stereocenters. The van der Waals surface area contributed by atoms with Crippen LogP contribution in [0.5, 0.6) is 0 Å². The number of hydrogen-bond acceptors (Lipinski definition) is 6. The van der Waals surface area contributed by atoms with Crippen molar-refractivity contribution in [1.82, 2.24) is 4.98 Å². The first kappa shape index (κ1) is 23.3. The van der Waals surface area contributed by atoms with E-state index in [2.05, 4.69) is 15.0 Å². The molecule has 0 atom stereocenters. The zero-order chi connectivity index (χ0) is 23.3. The SMILES string of the molecule is O=C(CSc1ccc(NS(=O)(=O)c2ccccc2)cc1)Nc1nc(-c2ccccc2Cl)cs1. The number of carbonyl (C=O) groups is 1. The quantitative estimate of drug-likeness (QED) is 0.281. The maximum Gasteiger partial charge on any atom is 0.261 e. The minimum Gasteiger partial charge on any atom is -0.301 e. The summed E-state index contributed by atoms with van der Waals surface area (Å²) >= 11 is 8.88. The highest BCUT2D eigenvalue weighted by Crippen LogP contribution is 2.30. The van der Waals surface area contributed by atoms with Crippen LogP contribution in [0.3, 0.4) is 0 Å². The molecule has 4 aromatic rings. The average Bonchev–Trinajstić information content (AvgIpc) is 3.27. The molecule has 0 fully saturated rings. The lowest BCUT2D eigenvalue weighted by Crippen LogP contribution is -2.14. The number of sulfonamides is 1. The molecule has 0 saturated heterocycles. The van der Waals surface area contributed by atoms with Gasteiger partial charge in [-0.15, -0.1) is 23.1 Å². The maximum absolute atomic E-state index is 12.4. The summed E-state index contributed by atoms with van der Waals surface area (Å²) in [4.78, 5) is 17.8. The number of aromatic nitrogens is 1. The summed E-state index contributed by atoms with van der Waals surface area (Å²) in [5, 5.41) is 5.75. The van der Waals surface area contributed by atoms with Gasteiger partial charge in [0.1, 0.15) is 0 Å². The third-order valence-corrected chi connectivity index (χ3v) is 7.93. The van der Waals surface area contributed by atoms with Gasteiger partial charge in [-0.1, -0.05) is 48.0 Å². The van der Waals surface area contributed by atoms with E-state index in [1.807, 2.05) is 23.6 Å². The molecule has 10 heteroatoms. The van der Waals surface area contributed by atoms with Gasteiger partial charge in [0.25, 0.3) is 10.0 Å². The smallest absolute Gasteiger partial charge is 0.261 e. The highest BCUT2D eigenvalue weighted by Gasteiger charge is 2.14. The molecule has 0 aliphatic rings. The van der Waals surface area contributed by atoms with Gasteiger partial charge in [0.15, 0.2) is 5.13 Å². The molecule has 1 amide bonds. The Hall–Kier alpha value is -2.85. The van der Waals surface area contributed by atoms with Crippen LogP contribution in [-0.4, -0.2) is 25.1 Å². The molecule has 0 aliphatic carbocycles. The van der Waals surface area contributed by atoms with Gasteiger partial charge in [0, 0.05) is 26.5 Å². The van der Waals surface area contributed by atoms with Gasteiger partial charge in [-0.25, -0.2) is 13.4 Å². The van der Waals surface area contributed by atoms with Crippen LogP contribution >= 0.6 is 34.7 Å². The number of anilines is 2. The van der Waals surface area contributed by atoms with Crippen LogP contribution in [0.4, 0.5) is 10.8 Å². The molecule has 0 saturated carbocycles. The van der Waals surface area contributed by atoms with E-state index in [4.69, 9.17) is 11.6 Å². The van der Waals surface area contributed by atoms with Gasteiger partial charge in [0.2, 0.25) is 5.91 Å². The Labute approximate surface area is 205 Å². The Balaban J connectivity index is 1.31. The van der Waals surface area contributed by atoms with Crippen LogP contribution in [0.15, 0.2) is 94.0 Å². The van der Waals surface area contributed by atoms with Crippen molar-refractivity contribution in [2.75, 3.05) is 15.8 Å². The van der Waals surface area contributed by atoms with Crippen LogP contribution in [-0.2, 0) is 14.8 Å². The number of benzene rings is 3. The van der Waals surface area contributed by atoms with Crippen molar-refractivity contribution >= 4 is 61.4 Å². The number of thioether (sulfide) groups is 1. The summed E-state index contributed by atoms with van der Waals surface area (Å²) in [6.45, 7) is 0. The lowest BCUT2D eigenvalue weighted by molar-refractivity contribution is -0.113. The lowest BCUT2D eigenvalue weighted by Gasteiger charge is -2.09. The molecule has 6 nitrogen and oxygen atoms in total. The zero-order valence-electron chi connectivity index (χ0n) is 17.1. The molecule has 1 aromatic heterocycles. The second kappa shape index (κ2) is 10.4. The normalized spacial score (nSPS) is 11.2. The monoisotopic (exact) mass is 515 g/mol. The van der Waals surface area contributed by atoms with E-state index in [0.717, 1.165) is 10.5 Å². The Morgan fingerprint density at radius 1 is 0.970 bits per heavy atom. The number of nitrogens with zero attached hydrogens (tertiary/aromatic N) is 1. The zero-order valence-corrected chi connectivity index (χ0v) is 20.3. The first-order valence-corrected chi connectivity index (χ1v) is 13.4. The second-order valence-electron chi connectivity index (χ2n) is 6.80. The van der Waals surface area contributed by atoms with Crippen molar-refractivity contribution in [3.8, 4) is 11.3 Å². The minimum absolute atomic E-state index is 0.186. The molecule has 0 bridgehead atoms. The maximum atomic E-state index is 12.4. The van der Waals surface area contributed by atoms with E-state index in [-0.39, 0.29) is 16.6 Å². The molecule has 1 heterocycles. The van der Waals surface area contributed by atoms with Crippen molar-refractivity contribution in [3.05, 3.63) is 89.3 Å². The number of rotatable bonds is 8. The topological polar surface area (TPSA) is 88.2 Å². The molecule has 2 N–H and O–H groups in total. The standard InChI is InChI=1S/C23H18ClN3O3S3/c24-20-9-5-4-8-19(20)21-14-32-23(25-21)26-22(28)15-31-17-12-10-16(11-13-17)27-33(29,30)18-6-2-1-3-7-18/h1-14,27H,15H2,(H,25,26,28). The largest absolute Gasteiger partial charge is 0.301 e. The molecule has 3 aromatic carbocycles. The fourth-order valence-corrected chi connectivity index (χ4v) is 5.60. The summed E-state index contributed by atoms with van der Waals surface area (Å²) in [7, 11) is -3.64. The van der Waals surface area contributed by atoms with Gasteiger partial charge in [-0.2, -0.15) is 0 Å². The van der Waals surface area contributed by atoms with Crippen molar-refractivity contribution in [2.24, 2.45) is 0 Å². The molecule has 4 rings (SSSR count). The van der Waals surface area contributed by atoms with E-state index in [0.29, 0.717) is 21.5 Å². The lowest BCUT2D eigenvalue weighted by atomic mass is 10.2. The first-order valence-electron chi connectivity index (χ1n) is 9.72. The summed E-state index contributed by atoms with van der Waals surface area (Å²) in [6.07, 6.45) is 0. The summed E-state index contributed by atoms with van der Waals surface area (Å²) in [5.74, 6) is 0.00438. The number of nitrogens with one attached hydrogen (secondary N) is 2. The highest BCUT2D eigenvalue weighted by molar-refractivity contribution is 8.00. The number of amides is 1. The van der Waals surface area contributed by atoms with E-state index >= 15 is 0 Å².